The fourth-order valence-electron chi connectivity index (χ4n) is 15.0. The fraction of sp³-hybridized carbons (Fsp3) is 0.114. The van der Waals surface area contributed by atoms with E-state index in [1.54, 1.807) is 0 Å². The summed E-state index contributed by atoms with van der Waals surface area (Å²) in [4.78, 5) is 50.9. The highest BCUT2D eigenvalue weighted by atomic mass is 15.0. The average Bonchev–Trinajstić information content (AvgIpc) is 1.59. The maximum atomic E-state index is 5.30. The summed E-state index contributed by atoms with van der Waals surface area (Å²) in [5.41, 5.74) is 15.8. The Morgan fingerprint density at radius 2 is 0.697 bits per heavy atom. The smallest absolute Gasteiger partial charge is 0.165 e. The maximum absolute atomic E-state index is 5.30. The number of benzene rings is 8. The van der Waals surface area contributed by atoms with Gasteiger partial charge >= 0.3 is 0 Å². The summed E-state index contributed by atoms with van der Waals surface area (Å²) >= 11 is 0. The number of hydrogen-bond acceptors (Lipinski definition) is 10. The Balaban J connectivity index is 0.611. The molecule has 4 aliphatic rings. The van der Waals surface area contributed by atoms with E-state index < -0.39 is 0 Å². The van der Waals surface area contributed by atoms with Crippen molar-refractivity contribution >= 4 is 21.5 Å². The summed E-state index contributed by atoms with van der Waals surface area (Å²) in [6.45, 7) is 0. The molecule has 422 valence electrons. The van der Waals surface area contributed by atoms with Crippen molar-refractivity contribution in [3.8, 4) is 113 Å². The van der Waals surface area contributed by atoms with E-state index in [-0.39, 0.29) is 10.8 Å². The minimum Gasteiger partial charge on any atom is -0.260 e. The van der Waals surface area contributed by atoms with Gasteiger partial charge in [0, 0.05) is 91.5 Å². The molecule has 0 radical (unpaired) electrons. The van der Waals surface area contributed by atoms with Crippen LogP contribution in [-0.4, -0.2) is 49.8 Å². The number of rotatable bonds is 12. The van der Waals surface area contributed by atoms with Gasteiger partial charge in [0.05, 0.1) is 11.4 Å². The molecule has 14 aromatic rings. The third kappa shape index (κ3) is 9.43. The molecule has 0 saturated heterocycles. The van der Waals surface area contributed by atoms with E-state index in [0.29, 0.717) is 46.8 Å². The van der Waals surface area contributed by atoms with Crippen LogP contribution in [0, 0.1) is 11.8 Å². The predicted molar refractivity (Wildman–Crippen MR) is 354 cm³/mol. The number of nitrogens with zero attached hydrogens (tertiary/aromatic N) is 10. The minimum atomic E-state index is 0.00942. The standard InChI is InChI=1S/C79H56N10/c1-3-17-53(18-4-1)72-84-74(57-25-11-23-55(40-57)66-29-13-21-51-15-7-9-27-64(51)66)88-76(86-72)61-31-35-68(80-47-61)59-33-37-70(82-45-59)78-42-50-39-63(44-78)79(43-50,49-78)71-38-34-60(46-83-71)69-36-32-62(48-81-69)77-87-73(54-19-5-2-6-20-54)85-75(89-77)58-26-12-24-56(41-58)67-30-14-22-52-16-8-10-28-65(52)67/h1-38,40-41,45-48,50,63H,39,42-44,49H2. The second-order valence-electron chi connectivity index (χ2n) is 24.3. The predicted octanol–water partition coefficient (Wildman–Crippen LogP) is 18.0. The summed E-state index contributed by atoms with van der Waals surface area (Å²) in [5.74, 6) is 4.75. The van der Waals surface area contributed by atoms with Crippen LogP contribution < -0.4 is 0 Å². The summed E-state index contributed by atoms with van der Waals surface area (Å²) < 4.78 is 0. The molecule has 18 rings (SSSR count). The van der Waals surface area contributed by atoms with Crippen LogP contribution in [0.2, 0.25) is 0 Å². The Kier molecular flexibility index (Phi) is 12.6. The van der Waals surface area contributed by atoms with E-state index in [2.05, 4.69) is 176 Å². The highest BCUT2D eigenvalue weighted by Crippen LogP contribution is 2.70. The van der Waals surface area contributed by atoms with Gasteiger partial charge in [0.15, 0.2) is 34.9 Å². The molecule has 4 bridgehead atoms. The lowest BCUT2D eigenvalue weighted by molar-refractivity contribution is 0.213. The van der Waals surface area contributed by atoms with E-state index in [9.17, 15) is 0 Å². The SMILES string of the molecule is c1ccc(-c2nc(-c3ccc(-c4ccc(C56CC7CC(C5)C(c5ccc(-c8ccc(-c9nc(-c%10ccccc%10)nc(-c%10cccc(-c%11cccc%12ccccc%11%12)c%10)n9)cn8)cn5)(C7)C6)nc4)nc3)nc(-c3cccc(-c4cccc5ccccc45)c3)n2)cc1. The van der Waals surface area contributed by atoms with Crippen LogP contribution in [0.25, 0.3) is 135 Å². The molecule has 6 heterocycles. The van der Waals surface area contributed by atoms with Gasteiger partial charge in [-0.25, -0.2) is 29.9 Å². The van der Waals surface area contributed by atoms with Gasteiger partial charge in [-0.05, 0) is 148 Å². The molecule has 10 nitrogen and oxygen atoms in total. The van der Waals surface area contributed by atoms with Crippen LogP contribution in [0.3, 0.4) is 0 Å². The third-order valence-electron chi connectivity index (χ3n) is 19.0. The number of aromatic nitrogens is 10. The van der Waals surface area contributed by atoms with Gasteiger partial charge in [-0.2, -0.15) is 0 Å². The number of hydrogen-bond donors (Lipinski definition) is 0. The van der Waals surface area contributed by atoms with Crippen molar-refractivity contribution < 1.29 is 0 Å². The molecule has 4 fully saturated rings. The third-order valence-corrected chi connectivity index (χ3v) is 19.0. The van der Waals surface area contributed by atoms with Gasteiger partial charge < -0.3 is 0 Å². The largest absolute Gasteiger partial charge is 0.260 e. The quantitative estimate of drug-likeness (QED) is 0.117. The van der Waals surface area contributed by atoms with E-state index in [1.807, 2.05) is 91.5 Å². The molecular formula is C79H56N10. The zero-order valence-corrected chi connectivity index (χ0v) is 48.6. The Morgan fingerprint density at radius 3 is 1.18 bits per heavy atom. The fourth-order valence-corrected chi connectivity index (χ4v) is 15.0. The van der Waals surface area contributed by atoms with Crippen molar-refractivity contribution in [3.63, 3.8) is 0 Å². The van der Waals surface area contributed by atoms with Crippen LogP contribution >= 0.6 is 0 Å². The lowest BCUT2D eigenvalue weighted by Crippen LogP contribution is -2.36. The Bertz CT molecular complexity index is 4990. The molecule has 0 amide bonds. The molecular weight excluding hydrogens is 1090 g/mol. The molecule has 0 aliphatic heterocycles. The van der Waals surface area contributed by atoms with Crippen LogP contribution in [0.4, 0.5) is 0 Å². The normalized spacial score (nSPS) is 18.2. The van der Waals surface area contributed by atoms with Crippen molar-refractivity contribution in [2.24, 2.45) is 11.8 Å². The van der Waals surface area contributed by atoms with Crippen LogP contribution in [-0.2, 0) is 10.8 Å². The second-order valence-corrected chi connectivity index (χ2v) is 24.3. The summed E-state index contributed by atoms with van der Waals surface area (Å²) in [7, 11) is 0. The van der Waals surface area contributed by atoms with Gasteiger partial charge in [-0.1, -0.05) is 182 Å². The maximum Gasteiger partial charge on any atom is 0.165 e. The van der Waals surface area contributed by atoms with E-state index >= 15 is 0 Å². The van der Waals surface area contributed by atoms with Crippen molar-refractivity contribution in [1.29, 1.82) is 0 Å². The lowest BCUT2D eigenvalue weighted by Gasteiger charge is -2.40. The summed E-state index contributed by atoms with van der Waals surface area (Å²) in [6.07, 6.45) is 13.5. The molecule has 0 spiro atoms. The monoisotopic (exact) mass is 1140 g/mol. The van der Waals surface area contributed by atoms with Crippen molar-refractivity contribution in [2.75, 3.05) is 0 Å². The zero-order chi connectivity index (χ0) is 58.9. The van der Waals surface area contributed by atoms with Crippen molar-refractivity contribution in [2.45, 2.75) is 42.9 Å². The van der Waals surface area contributed by atoms with Gasteiger partial charge in [0.1, 0.15) is 0 Å². The molecule has 4 atom stereocenters. The molecule has 10 heteroatoms. The van der Waals surface area contributed by atoms with Gasteiger partial charge in [0.25, 0.3) is 0 Å². The number of fused-ring (bicyclic) bond motifs is 2. The molecule has 8 aromatic carbocycles. The molecule has 4 aliphatic carbocycles. The second kappa shape index (κ2) is 21.4. The number of pyridine rings is 4. The van der Waals surface area contributed by atoms with E-state index in [0.717, 1.165) is 97.4 Å². The Hall–Kier alpha value is -11.1. The highest BCUT2D eigenvalue weighted by Gasteiger charge is 2.66. The summed E-state index contributed by atoms with van der Waals surface area (Å²) in [6, 6.07) is 84.2. The Morgan fingerprint density at radius 1 is 0.292 bits per heavy atom. The molecule has 4 saturated carbocycles. The van der Waals surface area contributed by atoms with Crippen LogP contribution in [0.5, 0.6) is 0 Å². The molecule has 89 heavy (non-hydrogen) atoms. The van der Waals surface area contributed by atoms with Crippen molar-refractivity contribution in [3.05, 3.63) is 279 Å². The lowest BCUT2D eigenvalue weighted by atomic mass is 9.64. The first-order valence-corrected chi connectivity index (χ1v) is 30.6. The first kappa shape index (κ1) is 52.2. The first-order valence-electron chi connectivity index (χ1n) is 30.6. The zero-order valence-electron chi connectivity index (χ0n) is 48.6. The van der Waals surface area contributed by atoms with Gasteiger partial charge in [-0.15, -0.1) is 0 Å². The summed E-state index contributed by atoms with van der Waals surface area (Å²) in [5, 5.41) is 4.80. The van der Waals surface area contributed by atoms with E-state index in [1.165, 1.54) is 45.8 Å². The van der Waals surface area contributed by atoms with Crippen LogP contribution in [0.1, 0.15) is 43.5 Å². The Labute approximate surface area is 515 Å². The average molecular weight is 1150 g/mol. The van der Waals surface area contributed by atoms with Gasteiger partial charge in [0.2, 0.25) is 0 Å². The van der Waals surface area contributed by atoms with Crippen LogP contribution in [0.15, 0.2) is 267 Å². The van der Waals surface area contributed by atoms with Gasteiger partial charge in [-0.3, -0.25) is 19.9 Å². The highest BCUT2D eigenvalue weighted by molar-refractivity contribution is 5.98. The topological polar surface area (TPSA) is 129 Å². The molecule has 0 N–H and O–H groups in total. The molecule has 6 aromatic heterocycles. The van der Waals surface area contributed by atoms with E-state index in [4.69, 9.17) is 49.8 Å². The minimum absolute atomic E-state index is 0.00942. The van der Waals surface area contributed by atoms with Crippen molar-refractivity contribution in [1.82, 2.24) is 49.8 Å². The first-order chi connectivity index (χ1) is 43.9. The molecule has 4 unspecified atom stereocenters.